The van der Waals surface area contributed by atoms with Gasteiger partial charge in [0.05, 0.1) is 0 Å². The van der Waals surface area contributed by atoms with E-state index in [1.54, 1.807) is 35.5 Å². The summed E-state index contributed by atoms with van der Waals surface area (Å²) in [6.45, 7) is 2.86. The van der Waals surface area contributed by atoms with Crippen molar-refractivity contribution in [3.05, 3.63) is 47.0 Å². The van der Waals surface area contributed by atoms with E-state index in [0.29, 0.717) is 42.5 Å². The predicted molar refractivity (Wildman–Crippen MR) is 107 cm³/mol. The van der Waals surface area contributed by atoms with E-state index in [2.05, 4.69) is 10.3 Å². The fourth-order valence-electron chi connectivity index (χ4n) is 3.52. The summed E-state index contributed by atoms with van der Waals surface area (Å²) in [5.41, 5.74) is 1.39. The molecule has 7 nitrogen and oxygen atoms in total. The average Bonchev–Trinajstić information content (AvgIpc) is 3.11. The van der Waals surface area contributed by atoms with Gasteiger partial charge in [0.1, 0.15) is 18.3 Å². The molecule has 0 spiro atoms. The summed E-state index contributed by atoms with van der Waals surface area (Å²) in [6, 6.07) is 5.26. The molecule has 2 aromatic rings. The van der Waals surface area contributed by atoms with Crippen molar-refractivity contribution in [2.75, 3.05) is 18.4 Å². The molecule has 2 N–H and O–H groups in total. The molecule has 1 aromatic heterocycles. The fraction of sp³-hybridized carbons (Fsp3) is 0.450. The highest BCUT2D eigenvalue weighted by molar-refractivity contribution is 6.31. The minimum atomic E-state index is -0.647. The lowest BCUT2D eigenvalue weighted by Crippen LogP contribution is -2.41. The minimum Gasteiger partial charge on any atom is -0.385 e. The van der Waals surface area contributed by atoms with Gasteiger partial charge in [0.15, 0.2) is 0 Å². The lowest BCUT2D eigenvalue weighted by Gasteiger charge is -2.34. The zero-order valence-electron chi connectivity index (χ0n) is 16.1. The highest BCUT2D eigenvalue weighted by atomic mass is 35.5. The maximum atomic E-state index is 12.5. The molecule has 28 heavy (non-hydrogen) atoms. The Labute approximate surface area is 169 Å². The molecule has 0 saturated carbocycles. The number of carbonyl (C=O) groups is 2. The number of hydrogen-bond donors (Lipinski definition) is 2. The van der Waals surface area contributed by atoms with Crippen LogP contribution in [-0.2, 0) is 16.6 Å². The number of piperidine rings is 1. The maximum absolute atomic E-state index is 12.5. The van der Waals surface area contributed by atoms with Crippen molar-refractivity contribution < 1.29 is 14.7 Å². The van der Waals surface area contributed by atoms with Crippen molar-refractivity contribution in [2.45, 2.75) is 32.3 Å². The highest BCUT2D eigenvalue weighted by Gasteiger charge is 2.30. The molecule has 1 unspecified atom stereocenters. The van der Waals surface area contributed by atoms with Crippen LogP contribution < -0.4 is 5.32 Å². The third-order valence-corrected chi connectivity index (χ3v) is 5.72. The minimum absolute atomic E-state index is 0.0492. The third kappa shape index (κ3) is 4.54. The number of rotatable bonds is 5. The van der Waals surface area contributed by atoms with Crippen molar-refractivity contribution in [1.29, 1.82) is 0 Å². The topological polar surface area (TPSA) is 87.5 Å². The van der Waals surface area contributed by atoms with Crippen molar-refractivity contribution >= 4 is 29.1 Å². The van der Waals surface area contributed by atoms with Gasteiger partial charge in [0.25, 0.3) is 0 Å². The molecular weight excluding hydrogens is 380 g/mol. The molecule has 1 atom stereocenters. The van der Waals surface area contributed by atoms with E-state index in [4.69, 9.17) is 11.6 Å². The summed E-state index contributed by atoms with van der Waals surface area (Å²) in [5, 5.41) is 13.9. The molecule has 1 aliphatic rings. The van der Waals surface area contributed by atoms with Crippen molar-refractivity contribution in [2.24, 2.45) is 13.0 Å². The second kappa shape index (κ2) is 8.75. The molecular formula is C20H25ClN4O3. The average molecular weight is 405 g/mol. The Morgan fingerprint density at radius 3 is 2.71 bits per heavy atom. The Kier molecular flexibility index (Phi) is 6.36. The number of amides is 2. The first-order valence-electron chi connectivity index (χ1n) is 9.35. The van der Waals surface area contributed by atoms with Gasteiger partial charge >= 0.3 is 0 Å². The van der Waals surface area contributed by atoms with Gasteiger partial charge in [-0.3, -0.25) is 9.59 Å². The number of aliphatic hydroxyl groups excluding tert-OH is 1. The van der Waals surface area contributed by atoms with Crippen LogP contribution in [0.1, 0.15) is 36.8 Å². The van der Waals surface area contributed by atoms with Crippen LogP contribution >= 0.6 is 11.6 Å². The van der Waals surface area contributed by atoms with E-state index < -0.39 is 6.10 Å². The number of likely N-dealkylation sites (tertiary alicyclic amines) is 1. The molecule has 0 aliphatic carbocycles. The SMILES string of the molecule is Cc1c(Cl)cccc1NC(=O)CC(=O)N1CCC(C(O)c2nccn2C)CC1. The van der Waals surface area contributed by atoms with Gasteiger partial charge in [0.2, 0.25) is 11.8 Å². The Morgan fingerprint density at radius 2 is 2.07 bits per heavy atom. The number of aryl methyl sites for hydroxylation is 1. The largest absolute Gasteiger partial charge is 0.385 e. The van der Waals surface area contributed by atoms with Crippen LogP contribution in [0.3, 0.4) is 0 Å². The third-order valence-electron chi connectivity index (χ3n) is 5.32. The Morgan fingerprint density at radius 1 is 1.36 bits per heavy atom. The van der Waals surface area contributed by atoms with Gasteiger partial charge in [-0.1, -0.05) is 17.7 Å². The first-order chi connectivity index (χ1) is 13.4. The number of halogens is 1. The molecule has 8 heteroatoms. The zero-order chi connectivity index (χ0) is 20.3. The number of imidazole rings is 1. The Bertz CT molecular complexity index is 859. The van der Waals surface area contributed by atoms with Gasteiger partial charge < -0.3 is 19.9 Å². The van der Waals surface area contributed by atoms with E-state index >= 15 is 0 Å². The van der Waals surface area contributed by atoms with Crippen molar-refractivity contribution in [1.82, 2.24) is 14.5 Å². The van der Waals surface area contributed by atoms with E-state index in [0.717, 1.165) is 5.56 Å². The summed E-state index contributed by atoms with van der Waals surface area (Å²) in [4.78, 5) is 30.6. The van der Waals surface area contributed by atoms with Crippen molar-refractivity contribution in [3.8, 4) is 0 Å². The summed E-state index contributed by atoms with van der Waals surface area (Å²) in [5.74, 6) is 0.127. The van der Waals surface area contributed by atoms with Crippen LogP contribution in [0, 0.1) is 12.8 Å². The molecule has 2 amide bonds. The Balaban J connectivity index is 1.50. The monoisotopic (exact) mass is 404 g/mol. The number of nitrogens with zero attached hydrogens (tertiary/aromatic N) is 3. The van der Waals surface area contributed by atoms with Gasteiger partial charge in [-0.15, -0.1) is 0 Å². The lowest BCUT2D eigenvalue weighted by molar-refractivity contribution is -0.136. The first-order valence-corrected chi connectivity index (χ1v) is 9.72. The summed E-state index contributed by atoms with van der Waals surface area (Å²) in [6.07, 6.45) is 3.96. The second-order valence-electron chi connectivity index (χ2n) is 7.20. The fourth-order valence-corrected chi connectivity index (χ4v) is 3.70. The lowest BCUT2D eigenvalue weighted by atomic mass is 9.90. The molecule has 1 aliphatic heterocycles. The Hall–Kier alpha value is -2.38. The molecule has 0 bridgehead atoms. The molecule has 1 saturated heterocycles. The molecule has 1 fully saturated rings. The smallest absolute Gasteiger partial charge is 0.233 e. The number of hydrogen-bond acceptors (Lipinski definition) is 4. The highest BCUT2D eigenvalue weighted by Crippen LogP contribution is 2.30. The number of anilines is 1. The van der Waals surface area contributed by atoms with Crippen LogP contribution in [-0.4, -0.2) is 44.5 Å². The summed E-state index contributed by atoms with van der Waals surface area (Å²) in [7, 11) is 1.85. The predicted octanol–water partition coefficient (Wildman–Crippen LogP) is 2.68. The van der Waals surface area contributed by atoms with E-state index in [-0.39, 0.29) is 24.2 Å². The number of carbonyl (C=O) groups excluding carboxylic acids is 2. The number of aromatic nitrogens is 2. The maximum Gasteiger partial charge on any atom is 0.233 e. The van der Waals surface area contributed by atoms with Gasteiger partial charge in [-0.2, -0.15) is 0 Å². The van der Waals surface area contributed by atoms with Crippen LogP contribution in [0.25, 0.3) is 0 Å². The molecule has 2 heterocycles. The number of aliphatic hydroxyl groups is 1. The number of benzene rings is 1. The second-order valence-corrected chi connectivity index (χ2v) is 7.60. The van der Waals surface area contributed by atoms with E-state index in [9.17, 15) is 14.7 Å². The van der Waals surface area contributed by atoms with Crippen LogP contribution in [0.4, 0.5) is 5.69 Å². The molecule has 150 valence electrons. The van der Waals surface area contributed by atoms with Crippen LogP contribution in [0.15, 0.2) is 30.6 Å². The summed E-state index contributed by atoms with van der Waals surface area (Å²) < 4.78 is 1.81. The van der Waals surface area contributed by atoms with Gasteiger partial charge in [-0.05, 0) is 43.4 Å². The molecule has 0 radical (unpaired) electrons. The zero-order valence-corrected chi connectivity index (χ0v) is 16.8. The number of nitrogens with one attached hydrogen (secondary N) is 1. The first kappa shape index (κ1) is 20.4. The standard InChI is InChI=1S/C20H25ClN4O3/c1-13-15(21)4-3-5-16(13)23-17(26)12-18(27)25-9-6-14(7-10-25)19(28)20-22-8-11-24(20)2/h3-5,8,11,14,19,28H,6-7,9-10,12H2,1-2H3,(H,23,26). The molecule has 1 aromatic carbocycles. The normalized spacial score (nSPS) is 16.1. The van der Waals surface area contributed by atoms with Crippen molar-refractivity contribution in [3.63, 3.8) is 0 Å². The van der Waals surface area contributed by atoms with Gasteiger partial charge in [-0.25, -0.2) is 4.98 Å². The van der Waals surface area contributed by atoms with Crippen LogP contribution in [0.5, 0.6) is 0 Å². The van der Waals surface area contributed by atoms with E-state index in [1.165, 1.54) is 0 Å². The van der Waals surface area contributed by atoms with Crippen LogP contribution in [0.2, 0.25) is 5.02 Å². The quantitative estimate of drug-likeness (QED) is 0.750. The summed E-state index contributed by atoms with van der Waals surface area (Å²) >= 11 is 6.06. The van der Waals surface area contributed by atoms with E-state index in [1.807, 2.05) is 18.5 Å². The molecule has 3 rings (SSSR count). The van der Waals surface area contributed by atoms with Gasteiger partial charge in [0, 0.05) is 43.2 Å².